The molecule has 0 saturated heterocycles. The van der Waals surface area contributed by atoms with Crippen LogP contribution in [0.1, 0.15) is 5.82 Å². The third kappa shape index (κ3) is 2.61. The lowest BCUT2D eigenvalue weighted by Gasteiger charge is -2.08. The van der Waals surface area contributed by atoms with Crippen molar-refractivity contribution in [2.75, 3.05) is 11.9 Å². The minimum absolute atomic E-state index is 0.156. The Kier molecular flexibility index (Phi) is 3.81. The maximum atomic E-state index is 11.6. The summed E-state index contributed by atoms with van der Waals surface area (Å²) in [5.41, 5.74) is 0.546. The third-order valence-electron chi connectivity index (χ3n) is 2.66. The van der Waals surface area contributed by atoms with E-state index in [9.17, 15) is 4.79 Å². The maximum Gasteiger partial charge on any atom is 0.282 e. The molecule has 96 valence electrons. The van der Waals surface area contributed by atoms with Crippen molar-refractivity contribution in [2.45, 2.75) is 6.42 Å². The number of rotatable bonds is 4. The van der Waals surface area contributed by atoms with Gasteiger partial charge in [0.15, 0.2) is 0 Å². The molecule has 0 atom stereocenters. The van der Waals surface area contributed by atoms with Crippen LogP contribution >= 0.6 is 15.9 Å². The number of hydrogen-bond donors (Lipinski definition) is 1. The van der Waals surface area contributed by atoms with Gasteiger partial charge in [-0.2, -0.15) is 5.10 Å². The van der Waals surface area contributed by atoms with Crippen LogP contribution in [0, 0.1) is 0 Å². The van der Waals surface area contributed by atoms with E-state index >= 15 is 0 Å². The van der Waals surface area contributed by atoms with E-state index in [4.69, 9.17) is 0 Å². The summed E-state index contributed by atoms with van der Waals surface area (Å²) in [6.45, 7) is 0.693. The molecule has 0 radical (unpaired) electrons. The van der Waals surface area contributed by atoms with Gasteiger partial charge in [0, 0.05) is 39.5 Å². The first-order valence-corrected chi connectivity index (χ1v) is 6.31. The summed E-state index contributed by atoms with van der Waals surface area (Å²) < 4.78 is 3.76. The van der Waals surface area contributed by atoms with Crippen molar-refractivity contribution >= 4 is 21.6 Å². The van der Waals surface area contributed by atoms with Gasteiger partial charge in [-0.05, 0) is 15.9 Å². The molecule has 0 amide bonds. The van der Waals surface area contributed by atoms with Gasteiger partial charge in [0.1, 0.15) is 10.3 Å². The van der Waals surface area contributed by atoms with Crippen LogP contribution in [0.4, 0.5) is 5.69 Å². The number of aromatic nitrogens is 4. The Morgan fingerprint density at radius 1 is 1.44 bits per heavy atom. The molecule has 0 unspecified atom stereocenters. The number of nitrogens with one attached hydrogen (secondary N) is 1. The fourth-order valence-electron chi connectivity index (χ4n) is 1.58. The van der Waals surface area contributed by atoms with Crippen molar-refractivity contribution in [2.24, 2.45) is 14.1 Å². The summed E-state index contributed by atoms with van der Waals surface area (Å²) in [7, 11) is 3.57. The van der Waals surface area contributed by atoms with Gasteiger partial charge in [0.2, 0.25) is 0 Å². The molecule has 0 aliphatic rings. The average Bonchev–Trinajstić information content (AvgIpc) is 2.75. The van der Waals surface area contributed by atoms with E-state index in [2.05, 4.69) is 31.3 Å². The minimum atomic E-state index is -0.156. The van der Waals surface area contributed by atoms with Crippen LogP contribution < -0.4 is 10.9 Å². The average molecular weight is 312 g/mol. The molecule has 0 aromatic carbocycles. The Hall–Kier alpha value is -1.63. The summed E-state index contributed by atoms with van der Waals surface area (Å²) >= 11 is 3.27. The zero-order valence-electron chi connectivity index (χ0n) is 10.2. The number of anilines is 1. The molecule has 18 heavy (non-hydrogen) atoms. The highest BCUT2D eigenvalue weighted by molar-refractivity contribution is 9.10. The Labute approximate surface area is 113 Å². The fourth-order valence-corrected chi connectivity index (χ4v) is 2.08. The van der Waals surface area contributed by atoms with E-state index in [1.165, 1.54) is 4.68 Å². The molecule has 0 aliphatic carbocycles. The van der Waals surface area contributed by atoms with Crippen molar-refractivity contribution in [3.05, 3.63) is 39.2 Å². The van der Waals surface area contributed by atoms with Crippen LogP contribution in [0.5, 0.6) is 0 Å². The molecule has 2 aromatic rings. The first-order valence-electron chi connectivity index (χ1n) is 5.51. The van der Waals surface area contributed by atoms with Gasteiger partial charge in [-0.15, -0.1) is 0 Å². The van der Waals surface area contributed by atoms with E-state index in [0.29, 0.717) is 16.7 Å². The van der Waals surface area contributed by atoms with Crippen LogP contribution in [0.25, 0.3) is 0 Å². The van der Waals surface area contributed by atoms with Crippen LogP contribution in [-0.2, 0) is 20.5 Å². The molecule has 2 rings (SSSR count). The fraction of sp³-hybridized carbons (Fsp3) is 0.364. The van der Waals surface area contributed by atoms with Crippen molar-refractivity contribution in [1.82, 2.24) is 19.3 Å². The summed E-state index contributed by atoms with van der Waals surface area (Å²) in [5, 5.41) is 7.13. The first kappa shape index (κ1) is 12.8. The van der Waals surface area contributed by atoms with Gasteiger partial charge in [0.05, 0.1) is 11.9 Å². The number of hydrogen-bond acceptors (Lipinski definition) is 4. The second-order valence-corrected chi connectivity index (χ2v) is 4.73. The molecule has 1 N–H and O–H groups in total. The zero-order valence-corrected chi connectivity index (χ0v) is 11.8. The predicted molar refractivity (Wildman–Crippen MR) is 72.6 cm³/mol. The highest BCUT2D eigenvalue weighted by atomic mass is 79.9. The summed E-state index contributed by atoms with van der Waals surface area (Å²) in [6, 6.07) is 0. The number of aryl methyl sites for hydroxylation is 2. The zero-order chi connectivity index (χ0) is 13.1. The summed E-state index contributed by atoms with van der Waals surface area (Å²) in [4.78, 5) is 15.9. The number of imidazole rings is 1. The standard InChI is InChI=1S/C11H14BrN5O/c1-16-6-5-14-9(16)3-4-13-8-7-15-17(2)11(18)10(8)12/h5-7,13H,3-4H2,1-2H3. The molecule has 0 spiro atoms. The van der Waals surface area contributed by atoms with E-state index in [0.717, 1.165) is 12.2 Å². The van der Waals surface area contributed by atoms with Gasteiger partial charge in [-0.25, -0.2) is 9.67 Å². The highest BCUT2D eigenvalue weighted by Gasteiger charge is 2.06. The van der Waals surface area contributed by atoms with Gasteiger partial charge >= 0.3 is 0 Å². The lowest BCUT2D eigenvalue weighted by molar-refractivity contribution is 0.702. The Bertz CT molecular complexity index is 604. The maximum absolute atomic E-state index is 11.6. The molecule has 0 aliphatic heterocycles. The second kappa shape index (κ2) is 5.34. The van der Waals surface area contributed by atoms with Gasteiger partial charge in [-0.1, -0.05) is 0 Å². The van der Waals surface area contributed by atoms with E-state index in [1.54, 1.807) is 19.4 Å². The van der Waals surface area contributed by atoms with E-state index in [-0.39, 0.29) is 5.56 Å². The van der Waals surface area contributed by atoms with Crippen molar-refractivity contribution in [3.63, 3.8) is 0 Å². The first-order chi connectivity index (χ1) is 8.59. The van der Waals surface area contributed by atoms with E-state index in [1.807, 2.05) is 17.8 Å². The van der Waals surface area contributed by atoms with Gasteiger partial charge < -0.3 is 9.88 Å². The van der Waals surface area contributed by atoms with Crippen molar-refractivity contribution in [1.29, 1.82) is 0 Å². The predicted octanol–water partition coefficient (Wildman–Crippen LogP) is 0.931. The van der Waals surface area contributed by atoms with Crippen LogP contribution in [0.15, 0.2) is 27.9 Å². The van der Waals surface area contributed by atoms with Crippen LogP contribution in [0.2, 0.25) is 0 Å². The normalized spacial score (nSPS) is 10.6. The topological polar surface area (TPSA) is 64.7 Å². The molecule has 7 heteroatoms. The molecule has 2 aromatic heterocycles. The minimum Gasteiger partial charge on any atom is -0.382 e. The molecule has 6 nitrogen and oxygen atoms in total. The largest absolute Gasteiger partial charge is 0.382 e. The van der Waals surface area contributed by atoms with Gasteiger partial charge in [-0.3, -0.25) is 4.79 Å². The van der Waals surface area contributed by atoms with Crippen molar-refractivity contribution in [3.8, 4) is 0 Å². The number of nitrogens with zero attached hydrogens (tertiary/aromatic N) is 4. The molecule has 0 fully saturated rings. The Balaban J connectivity index is 2.01. The SMILES string of the molecule is Cn1ccnc1CCNc1cnn(C)c(=O)c1Br. The molecular formula is C11H14BrN5O. The lowest BCUT2D eigenvalue weighted by atomic mass is 10.3. The van der Waals surface area contributed by atoms with Crippen LogP contribution in [0.3, 0.4) is 0 Å². The highest BCUT2D eigenvalue weighted by Crippen LogP contribution is 2.15. The monoisotopic (exact) mass is 311 g/mol. The molecular weight excluding hydrogens is 298 g/mol. The van der Waals surface area contributed by atoms with Crippen molar-refractivity contribution < 1.29 is 0 Å². The molecule has 0 saturated carbocycles. The number of halogens is 1. The summed E-state index contributed by atoms with van der Waals surface area (Å²) in [6.07, 6.45) is 6.09. The Morgan fingerprint density at radius 2 is 2.22 bits per heavy atom. The van der Waals surface area contributed by atoms with Gasteiger partial charge in [0.25, 0.3) is 5.56 Å². The van der Waals surface area contributed by atoms with Crippen LogP contribution in [-0.4, -0.2) is 25.9 Å². The quantitative estimate of drug-likeness (QED) is 0.912. The smallest absolute Gasteiger partial charge is 0.282 e. The molecule has 0 bridgehead atoms. The molecule has 2 heterocycles. The second-order valence-electron chi connectivity index (χ2n) is 3.93. The lowest BCUT2D eigenvalue weighted by Crippen LogP contribution is -2.22. The third-order valence-corrected chi connectivity index (χ3v) is 3.43. The summed E-state index contributed by atoms with van der Waals surface area (Å²) in [5.74, 6) is 0.996. The van der Waals surface area contributed by atoms with E-state index < -0.39 is 0 Å². The Morgan fingerprint density at radius 3 is 2.89 bits per heavy atom.